The van der Waals surface area contributed by atoms with Crippen molar-refractivity contribution < 1.29 is 9.53 Å². The number of aryl methyl sites for hydroxylation is 2. The molecule has 152 valence electrons. The number of aromatic nitrogens is 2. The van der Waals surface area contributed by atoms with E-state index in [0.717, 1.165) is 56.9 Å². The zero-order chi connectivity index (χ0) is 20.1. The van der Waals surface area contributed by atoms with Crippen LogP contribution in [0, 0.1) is 13.8 Å². The van der Waals surface area contributed by atoms with Gasteiger partial charge in [0, 0.05) is 57.6 Å². The molecule has 1 aromatic carbocycles. The van der Waals surface area contributed by atoms with Crippen LogP contribution in [-0.2, 0) is 22.6 Å². The highest BCUT2D eigenvalue weighted by molar-refractivity contribution is 5.82. The van der Waals surface area contributed by atoms with E-state index in [1.807, 2.05) is 35.2 Å². The van der Waals surface area contributed by atoms with Gasteiger partial charge in [-0.15, -0.1) is 0 Å². The molecule has 0 bridgehead atoms. The maximum atomic E-state index is 13.1. The number of carbonyl (C=O) groups excluding carboxylic acids is 1. The third-order valence-electron chi connectivity index (χ3n) is 5.68. The van der Waals surface area contributed by atoms with E-state index in [9.17, 15) is 4.79 Å². The number of carbonyl (C=O) groups is 1. The van der Waals surface area contributed by atoms with Crippen LogP contribution in [0.2, 0.25) is 0 Å². The minimum atomic E-state index is -0.528. The zero-order valence-corrected chi connectivity index (χ0v) is 17.5. The quantitative estimate of drug-likeness (QED) is 0.768. The molecule has 6 nitrogen and oxygen atoms in total. The molecule has 0 saturated carbocycles. The molecule has 6 heteroatoms. The van der Waals surface area contributed by atoms with Crippen molar-refractivity contribution in [1.29, 1.82) is 0 Å². The Balaban J connectivity index is 1.65. The molecule has 3 rings (SSSR count). The van der Waals surface area contributed by atoms with Crippen molar-refractivity contribution in [2.24, 2.45) is 0 Å². The monoisotopic (exact) mass is 384 g/mol. The summed E-state index contributed by atoms with van der Waals surface area (Å²) in [7, 11) is 1.61. The highest BCUT2D eigenvalue weighted by atomic mass is 16.5. The van der Waals surface area contributed by atoms with E-state index in [1.54, 1.807) is 7.11 Å². The van der Waals surface area contributed by atoms with E-state index < -0.39 is 6.10 Å². The van der Waals surface area contributed by atoms with Gasteiger partial charge < -0.3 is 9.64 Å². The summed E-state index contributed by atoms with van der Waals surface area (Å²) in [6.45, 7) is 11.5. The lowest BCUT2D eigenvalue weighted by Crippen LogP contribution is -2.38. The van der Waals surface area contributed by atoms with E-state index in [4.69, 9.17) is 4.74 Å². The SMILES string of the molecule is CCn1nc(C)c(CN2CCCN(C(=O)[C@H](OC)c3ccccc3)CC2)c1C. The Labute approximate surface area is 168 Å². The number of methoxy groups -OCH3 is 1. The molecule has 1 aromatic heterocycles. The van der Waals surface area contributed by atoms with Gasteiger partial charge in [0.15, 0.2) is 6.10 Å². The Morgan fingerprint density at radius 3 is 2.54 bits per heavy atom. The third kappa shape index (κ3) is 4.45. The summed E-state index contributed by atoms with van der Waals surface area (Å²) >= 11 is 0. The predicted molar refractivity (Wildman–Crippen MR) is 110 cm³/mol. The molecule has 1 atom stereocenters. The molecule has 1 saturated heterocycles. The van der Waals surface area contributed by atoms with Crippen LogP contribution in [0.5, 0.6) is 0 Å². The van der Waals surface area contributed by atoms with Gasteiger partial charge >= 0.3 is 0 Å². The fourth-order valence-electron chi connectivity index (χ4n) is 4.02. The summed E-state index contributed by atoms with van der Waals surface area (Å²) in [5.74, 6) is 0.0571. The van der Waals surface area contributed by atoms with Crippen molar-refractivity contribution in [2.75, 3.05) is 33.3 Å². The van der Waals surface area contributed by atoms with Crippen molar-refractivity contribution in [3.8, 4) is 0 Å². The van der Waals surface area contributed by atoms with Crippen molar-refractivity contribution in [3.05, 3.63) is 52.8 Å². The lowest BCUT2D eigenvalue weighted by atomic mass is 10.1. The van der Waals surface area contributed by atoms with Gasteiger partial charge in [0.05, 0.1) is 5.69 Å². The summed E-state index contributed by atoms with van der Waals surface area (Å²) in [6, 6.07) is 9.75. The van der Waals surface area contributed by atoms with Gasteiger partial charge in [-0.3, -0.25) is 14.4 Å². The number of ether oxygens (including phenoxy) is 1. The Morgan fingerprint density at radius 2 is 1.89 bits per heavy atom. The van der Waals surface area contributed by atoms with Gasteiger partial charge in [-0.25, -0.2) is 0 Å². The summed E-state index contributed by atoms with van der Waals surface area (Å²) < 4.78 is 7.62. The number of hydrogen-bond acceptors (Lipinski definition) is 4. The lowest BCUT2D eigenvalue weighted by Gasteiger charge is -2.26. The number of nitrogens with zero attached hydrogens (tertiary/aromatic N) is 4. The summed E-state index contributed by atoms with van der Waals surface area (Å²) in [4.78, 5) is 17.5. The topological polar surface area (TPSA) is 50.6 Å². The molecule has 0 aliphatic carbocycles. The summed E-state index contributed by atoms with van der Waals surface area (Å²) in [5.41, 5.74) is 4.59. The first kappa shape index (κ1) is 20.6. The second kappa shape index (κ2) is 9.34. The van der Waals surface area contributed by atoms with Crippen LogP contribution in [0.4, 0.5) is 0 Å². The van der Waals surface area contributed by atoms with Crippen LogP contribution < -0.4 is 0 Å². The zero-order valence-electron chi connectivity index (χ0n) is 17.5. The molecule has 1 fully saturated rings. The minimum absolute atomic E-state index is 0.0571. The number of rotatable bonds is 6. The van der Waals surface area contributed by atoms with E-state index in [-0.39, 0.29) is 5.91 Å². The molecule has 2 aromatic rings. The van der Waals surface area contributed by atoms with Crippen LogP contribution in [0.3, 0.4) is 0 Å². The van der Waals surface area contributed by atoms with E-state index in [2.05, 4.69) is 35.5 Å². The second-order valence-corrected chi connectivity index (χ2v) is 7.45. The van der Waals surface area contributed by atoms with Gasteiger partial charge in [-0.2, -0.15) is 5.10 Å². The maximum absolute atomic E-state index is 13.1. The van der Waals surface area contributed by atoms with Gasteiger partial charge in [-0.05, 0) is 32.8 Å². The third-order valence-corrected chi connectivity index (χ3v) is 5.68. The molecular weight excluding hydrogens is 352 g/mol. The molecule has 1 aliphatic rings. The largest absolute Gasteiger partial charge is 0.367 e. The van der Waals surface area contributed by atoms with E-state index >= 15 is 0 Å². The van der Waals surface area contributed by atoms with Crippen molar-refractivity contribution >= 4 is 5.91 Å². The second-order valence-electron chi connectivity index (χ2n) is 7.45. The molecule has 28 heavy (non-hydrogen) atoms. The normalized spacial score (nSPS) is 16.8. The Hall–Kier alpha value is -2.18. The molecule has 0 spiro atoms. The van der Waals surface area contributed by atoms with Crippen LogP contribution >= 0.6 is 0 Å². The summed E-state index contributed by atoms with van der Waals surface area (Å²) in [6.07, 6.45) is 0.441. The molecule has 2 heterocycles. The van der Waals surface area contributed by atoms with Crippen molar-refractivity contribution in [2.45, 2.75) is 46.4 Å². The first-order chi connectivity index (χ1) is 13.5. The minimum Gasteiger partial charge on any atom is -0.367 e. The molecular formula is C22H32N4O2. The van der Waals surface area contributed by atoms with Gasteiger partial charge in [-0.1, -0.05) is 30.3 Å². The molecule has 0 N–H and O–H groups in total. The standard InChI is InChI=1S/C22H32N4O2/c1-5-26-18(3)20(17(2)23-26)16-24-12-9-13-25(15-14-24)22(27)21(28-4)19-10-7-6-8-11-19/h6-8,10-11,21H,5,9,12-16H2,1-4H3/t21-/m1/s1. The van der Waals surface area contributed by atoms with E-state index in [0.29, 0.717) is 0 Å². The van der Waals surface area contributed by atoms with Gasteiger partial charge in [0.1, 0.15) is 0 Å². The predicted octanol–water partition coefficient (Wildman–Crippen LogP) is 2.94. The molecule has 1 aliphatic heterocycles. The highest BCUT2D eigenvalue weighted by Gasteiger charge is 2.27. The summed E-state index contributed by atoms with van der Waals surface area (Å²) in [5, 5.41) is 4.64. The average molecular weight is 385 g/mol. The first-order valence-corrected chi connectivity index (χ1v) is 10.2. The Morgan fingerprint density at radius 1 is 1.14 bits per heavy atom. The molecule has 0 radical (unpaired) electrons. The molecule has 1 amide bonds. The highest BCUT2D eigenvalue weighted by Crippen LogP contribution is 2.21. The van der Waals surface area contributed by atoms with Crippen molar-refractivity contribution in [3.63, 3.8) is 0 Å². The van der Waals surface area contributed by atoms with Gasteiger partial charge in [0.25, 0.3) is 5.91 Å². The number of amides is 1. The number of benzene rings is 1. The van der Waals surface area contributed by atoms with Crippen LogP contribution in [-0.4, -0.2) is 58.8 Å². The Bertz CT molecular complexity index is 787. The van der Waals surface area contributed by atoms with E-state index in [1.165, 1.54) is 11.3 Å². The van der Waals surface area contributed by atoms with Crippen LogP contribution in [0.15, 0.2) is 30.3 Å². The maximum Gasteiger partial charge on any atom is 0.256 e. The molecule has 0 unspecified atom stereocenters. The van der Waals surface area contributed by atoms with Crippen LogP contribution in [0.1, 0.15) is 42.0 Å². The fraction of sp³-hybridized carbons (Fsp3) is 0.545. The van der Waals surface area contributed by atoms with Crippen LogP contribution in [0.25, 0.3) is 0 Å². The first-order valence-electron chi connectivity index (χ1n) is 10.2. The van der Waals surface area contributed by atoms with Gasteiger partial charge in [0.2, 0.25) is 0 Å². The van der Waals surface area contributed by atoms with Crippen molar-refractivity contribution in [1.82, 2.24) is 19.6 Å². The fourth-order valence-corrected chi connectivity index (χ4v) is 4.02. The Kier molecular flexibility index (Phi) is 6.86. The average Bonchev–Trinajstić information content (AvgIpc) is 2.88. The number of hydrogen-bond donors (Lipinski definition) is 0. The lowest BCUT2D eigenvalue weighted by molar-refractivity contribution is -0.142. The smallest absolute Gasteiger partial charge is 0.256 e.